The monoisotopic (exact) mass is 223 g/mol. The van der Waals surface area contributed by atoms with Gasteiger partial charge in [-0.3, -0.25) is 4.40 Å². The Hall–Kier alpha value is -1.07. The maximum Gasteiger partial charge on any atom is 0.233 e. The van der Waals surface area contributed by atoms with Gasteiger partial charge in [0.2, 0.25) is 5.78 Å². The van der Waals surface area contributed by atoms with Crippen LogP contribution in [0.1, 0.15) is 12.6 Å². The van der Waals surface area contributed by atoms with Crippen LogP contribution in [0.25, 0.3) is 5.78 Å². The van der Waals surface area contributed by atoms with E-state index in [1.165, 1.54) is 0 Å². The Kier molecular flexibility index (Phi) is 3.23. The van der Waals surface area contributed by atoms with Gasteiger partial charge in [-0.05, 0) is 6.07 Å². The standard InChI is InChI=1S/C10H13N3OS/c1-8(6-14)15-7-9-5-13-4-2-3-11-10(13)12-9/h2-5,8,14H,6-7H2,1H3. The number of hydrogen-bond donors (Lipinski definition) is 1. The van der Waals surface area contributed by atoms with Crippen LogP contribution in [0.15, 0.2) is 24.7 Å². The first-order valence-corrected chi connectivity index (χ1v) is 5.85. The summed E-state index contributed by atoms with van der Waals surface area (Å²) < 4.78 is 1.90. The fraction of sp³-hybridized carbons (Fsp3) is 0.400. The summed E-state index contributed by atoms with van der Waals surface area (Å²) in [5, 5.41) is 9.15. The molecule has 0 amide bonds. The zero-order chi connectivity index (χ0) is 10.7. The van der Waals surface area contributed by atoms with Gasteiger partial charge in [-0.2, -0.15) is 0 Å². The lowest BCUT2D eigenvalue weighted by atomic mass is 10.5. The summed E-state index contributed by atoms with van der Waals surface area (Å²) in [4.78, 5) is 8.51. The van der Waals surface area contributed by atoms with E-state index in [-0.39, 0.29) is 11.9 Å². The number of aromatic nitrogens is 3. The van der Waals surface area contributed by atoms with Crippen LogP contribution in [0.5, 0.6) is 0 Å². The fourth-order valence-electron chi connectivity index (χ4n) is 1.23. The summed E-state index contributed by atoms with van der Waals surface area (Å²) in [5.41, 5.74) is 0.999. The molecule has 0 fully saturated rings. The van der Waals surface area contributed by atoms with Crippen LogP contribution in [-0.2, 0) is 5.75 Å². The molecule has 1 unspecified atom stereocenters. The average molecular weight is 223 g/mol. The zero-order valence-corrected chi connectivity index (χ0v) is 9.31. The normalized spacial score (nSPS) is 13.2. The molecule has 2 rings (SSSR count). The Labute approximate surface area is 92.4 Å². The predicted molar refractivity (Wildman–Crippen MR) is 60.8 cm³/mol. The van der Waals surface area contributed by atoms with E-state index >= 15 is 0 Å². The molecule has 0 spiro atoms. The van der Waals surface area contributed by atoms with Gasteiger partial charge < -0.3 is 5.11 Å². The summed E-state index contributed by atoms with van der Waals surface area (Å²) >= 11 is 1.69. The van der Waals surface area contributed by atoms with Crippen molar-refractivity contribution in [1.29, 1.82) is 0 Å². The molecular formula is C10H13N3OS. The second kappa shape index (κ2) is 4.63. The number of hydrogen-bond acceptors (Lipinski definition) is 4. The van der Waals surface area contributed by atoms with Crippen molar-refractivity contribution in [3.63, 3.8) is 0 Å². The van der Waals surface area contributed by atoms with Gasteiger partial charge in [-0.25, -0.2) is 9.97 Å². The van der Waals surface area contributed by atoms with E-state index in [0.717, 1.165) is 17.2 Å². The van der Waals surface area contributed by atoms with Crippen molar-refractivity contribution in [3.05, 3.63) is 30.4 Å². The SMILES string of the molecule is CC(CO)SCc1cn2cccnc2n1. The van der Waals surface area contributed by atoms with Crippen LogP contribution in [0.3, 0.4) is 0 Å². The molecular weight excluding hydrogens is 210 g/mol. The predicted octanol–water partition coefficient (Wildman–Crippen LogP) is 1.34. The Morgan fingerprint density at radius 3 is 3.20 bits per heavy atom. The van der Waals surface area contributed by atoms with E-state index in [1.54, 1.807) is 18.0 Å². The van der Waals surface area contributed by atoms with Crippen LogP contribution in [-0.4, -0.2) is 31.3 Å². The molecule has 0 aliphatic carbocycles. The van der Waals surface area contributed by atoms with Gasteiger partial charge in [0.1, 0.15) is 0 Å². The molecule has 0 aliphatic rings. The van der Waals surface area contributed by atoms with Crippen LogP contribution in [0.4, 0.5) is 0 Å². The quantitative estimate of drug-likeness (QED) is 0.850. The molecule has 2 aromatic rings. The van der Waals surface area contributed by atoms with Gasteiger partial charge in [0.15, 0.2) is 0 Å². The van der Waals surface area contributed by atoms with E-state index in [1.807, 2.05) is 29.8 Å². The highest BCUT2D eigenvalue weighted by Gasteiger charge is 2.05. The minimum atomic E-state index is 0.205. The summed E-state index contributed by atoms with van der Waals surface area (Å²) in [6.45, 7) is 2.20. The largest absolute Gasteiger partial charge is 0.395 e. The highest BCUT2D eigenvalue weighted by molar-refractivity contribution is 7.99. The Bertz CT molecular complexity index is 410. The van der Waals surface area contributed by atoms with E-state index in [4.69, 9.17) is 5.11 Å². The van der Waals surface area contributed by atoms with E-state index in [0.29, 0.717) is 0 Å². The lowest BCUT2D eigenvalue weighted by Gasteiger charge is -2.04. The molecule has 0 aliphatic heterocycles. The maximum absolute atomic E-state index is 8.89. The molecule has 0 radical (unpaired) electrons. The summed E-state index contributed by atoms with van der Waals surface area (Å²) in [5.74, 6) is 1.54. The smallest absolute Gasteiger partial charge is 0.233 e. The molecule has 2 heterocycles. The molecule has 0 bridgehead atoms. The Balaban J connectivity index is 2.09. The average Bonchev–Trinajstić information content (AvgIpc) is 2.68. The van der Waals surface area contributed by atoms with Gasteiger partial charge in [-0.15, -0.1) is 11.8 Å². The minimum absolute atomic E-state index is 0.205. The summed E-state index contributed by atoms with van der Waals surface area (Å²) in [7, 11) is 0. The first-order valence-electron chi connectivity index (χ1n) is 4.80. The van der Waals surface area contributed by atoms with Gasteiger partial charge in [0, 0.05) is 29.6 Å². The maximum atomic E-state index is 8.89. The Morgan fingerprint density at radius 2 is 2.47 bits per heavy atom. The third-order valence-electron chi connectivity index (χ3n) is 2.06. The topological polar surface area (TPSA) is 50.4 Å². The van der Waals surface area contributed by atoms with E-state index in [2.05, 4.69) is 9.97 Å². The fourth-order valence-corrected chi connectivity index (χ4v) is 1.93. The number of aliphatic hydroxyl groups is 1. The number of aliphatic hydroxyl groups excluding tert-OH is 1. The summed E-state index contributed by atoms with van der Waals surface area (Å²) in [6.07, 6.45) is 5.63. The zero-order valence-electron chi connectivity index (χ0n) is 8.50. The second-order valence-electron chi connectivity index (χ2n) is 3.36. The number of rotatable bonds is 4. The van der Waals surface area contributed by atoms with Crippen molar-refractivity contribution in [2.24, 2.45) is 0 Å². The second-order valence-corrected chi connectivity index (χ2v) is 4.79. The molecule has 0 aromatic carbocycles. The van der Waals surface area contributed by atoms with Crippen molar-refractivity contribution < 1.29 is 5.11 Å². The first-order chi connectivity index (χ1) is 7.29. The van der Waals surface area contributed by atoms with Crippen molar-refractivity contribution in [3.8, 4) is 0 Å². The lowest BCUT2D eigenvalue weighted by molar-refractivity contribution is 0.300. The molecule has 4 nitrogen and oxygen atoms in total. The van der Waals surface area contributed by atoms with E-state index in [9.17, 15) is 0 Å². The molecule has 15 heavy (non-hydrogen) atoms. The molecule has 1 atom stereocenters. The van der Waals surface area contributed by atoms with Gasteiger partial charge in [0.25, 0.3) is 0 Å². The lowest BCUT2D eigenvalue weighted by Crippen LogP contribution is -2.02. The molecule has 80 valence electrons. The van der Waals surface area contributed by atoms with Crippen molar-refractivity contribution in [2.75, 3.05) is 6.61 Å². The molecule has 0 saturated heterocycles. The van der Waals surface area contributed by atoms with Crippen molar-refractivity contribution in [2.45, 2.75) is 17.9 Å². The number of fused-ring (bicyclic) bond motifs is 1. The number of thioether (sulfide) groups is 1. The Morgan fingerprint density at radius 1 is 1.60 bits per heavy atom. The molecule has 0 saturated carbocycles. The van der Waals surface area contributed by atoms with Gasteiger partial charge in [0.05, 0.1) is 12.3 Å². The number of nitrogens with zero attached hydrogens (tertiary/aromatic N) is 3. The van der Waals surface area contributed by atoms with Crippen LogP contribution in [0, 0.1) is 0 Å². The number of imidazole rings is 1. The van der Waals surface area contributed by atoms with Gasteiger partial charge >= 0.3 is 0 Å². The van der Waals surface area contributed by atoms with Crippen molar-refractivity contribution in [1.82, 2.24) is 14.4 Å². The third kappa shape index (κ3) is 2.49. The highest BCUT2D eigenvalue weighted by Crippen LogP contribution is 2.16. The van der Waals surface area contributed by atoms with Crippen molar-refractivity contribution >= 4 is 17.5 Å². The molecule has 2 aromatic heterocycles. The van der Waals surface area contributed by atoms with E-state index < -0.39 is 0 Å². The van der Waals surface area contributed by atoms with Crippen LogP contribution < -0.4 is 0 Å². The summed E-state index contributed by atoms with van der Waals surface area (Å²) in [6, 6.07) is 1.88. The third-order valence-corrected chi connectivity index (χ3v) is 3.24. The molecule has 1 N–H and O–H groups in total. The van der Waals surface area contributed by atoms with Gasteiger partial charge in [-0.1, -0.05) is 6.92 Å². The highest BCUT2D eigenvalue weighted by atomic mass is 32.2. The molecule has 5 heteroatoms. The van der Waals surface area contributed by atoms with Crippen LogP contribution >= 0.6 is 11.8 Å². The minimum Gasteiger partial charge on any atom is -0.395 e. The van der Waals surface area contributed by atoms with Crippen LogP contribution in [0.2, 0.25) is 0 Å². The first kappa shape index (κ1) is 10.4.